The summed E-state index contributed by atoms with van der Waals surface area (Å²) in [5.41, 5.74) is 7.39. The molecule has 1 aromatic heterocycles. The maximum absolute atomic E-state index is 10.1. The van der Waals surface area contributed by atoms with Gasteiger partial charge in [0, 0.05) is 11.6 Å². The first-order chi connectivity index (χ1) is 6.93. The van der Waals surface area contributed by atoms with Gasteiger partial charge in [-0.25, -0.2) is 0 Å². The molecular weight excluding hydrogens is 192 g/mol. The molecule has 0 bridgehead atoms. The molecule has 0 spiro atoms. The highest BCUT2D eigenvalue weighted by Crippen LogP contribution is 2.25. The van der Waals surface area contributed by atoms with Crippen molar-refractivity contribution in [1.82, 2.24) is 5.16 Å². The highest BCUT2D eigenvalue weighted by atomic mass is 16.5. The Morgan fingerprint density at radius 1 is 1.40 bits per heavy atom. The van der Waals surface area contributed by atoms with Crippen molar-refractivity contribution < 1.29 is 9.63 Å². The number of aromatic nitrogens is 1. The van der Waals surface area contributed by atoms with Crippen molar-refractivity contribution in [3.8, 4) is 0 Å². The van der Waals surface area contributed by atoms with E-state index in [4.69, 9.17) is 10.3 Å². The van der Waals surface area contributed by atoms with Crippen LogP contribution < -0.4 is 5.73 Å². The second kappa shape index (κ2) is 4.77. The van der Waals surface area contributed by atoms with Gasteiger partial charge in [0.05, 0.1) is 11.8 Å². The van der Waals surface area contributed by atoms with Gasteiger partial charge in [-0.2, -0.15) is 0 Å². The molecule has 0 aliphatic rings. The molecule has 2 atom stereocenters. The second-order valence-corrected chi connectivity index (χ2v) is 4.48. The molecule has 4 nitrogen and oxygen atoms in total. The summed E-state index contributed by atoms with van der Waals surface area (Å²) in [5, 5.41) is 13.9. The Kier molecular flexibility index (Phi) is 3.88. The van der Waals surface area contributed by atoms with Crippen molar-refractivity contribution in [3.05, 3.63) is 17.0 Å². The van der Waals surface area contributed by atoms with E-state index < -0.39 is 6.10 Å². The molecule has 1 rings (SSSR count). The molecule has 2 unspecified atom stereocenters. The van der Waals surface area contributed by atoms with Crippen LogP contribution >= 0.6 is 0 Å². The summed E-state index contributed by atoms with van der Waals surface area (Å²) < 4.78 is 5.01. The van der Waals surface area contributed by atoms with Crippen molar-refractivity contribution in [1.29, 1.82) is 0 Å². The molecule has 86 valence electrons. The number of hydrogen-bond donors (Lipinski definition) is 2. The summed E-state index contributed by atoms with van der Waals surface area (Å²) in [6.45, 7) is 7.78. The number of aryl methyl sites for hydroxylation is 2. The minimum absolute atomic E-state index is 0.262. The molecule has 3 N–H and O–H groups in total. The van der Waals surface area contributed by atoms with E-state index in [-0.39, 0.29) is 6.04 Å². The van der Waals surface area contributed by atoms with Crippen LogP contribution in [0.25, 0.3) is 0 Å². The highest BCUT2D eigenvalue weighted by Gasteiger charge is 2.24. The van der Waals surface area contributed by atoms with Crippen molar-refractivity contribution in [3.63, 3.8) is 0 Å². The van der Waals surface area contributed by atoms with Crippen molar-refractivity contribution in [2.45, 2.75) is 46.3 Å². The highest BCUT2D eigenvalue weighted by molar-refractivity contribution is 5.24. The minimum Gasteiger partial charge on any atom is -0.387 e. The van der Waals surface area contributed by atoms with Gasteiger partial charge in [-0.15, -0.1) is 0 Å². The third kappa shape index (κ3) is 2.79. The lowest BCUT2D eigenvalue weighted by atomic mass is 9.94. The fraction of sp³-hybridized carbons (Fsp3) is 0.727. The van der Waals surface area contributed by atoms with E-state index in [0.29, 0.717) is 11.7 Å². The first-order valence-corrected chi connectivity index (χ1v) is 5.30. The zero-order valence-electron chi connectivity index (χ0n) is 9.82. The molecule has 0 fully saturated rings. The standard InChI is InChI=1S/C11H20N2O2/c1-6(2)5-9(12)11(14)10-7(3)13-15-8(10)4/h6,9,11,14H,5,12H2,1-4H3. The van der Waals surface area contributed by atoms with E-state index in [1.54, 1.807) is 6.92 Å². The number of hydrogen-bond acceptors (Lipinski definition) is 4. The van der Waals surface area contributed by atoms with Crippen LogP contribution in [-0.4, -0.2) is 16.3 Å². The van der Waals surface area contributed by atoms with Crippen LogP contribution in [0.1, 0.15) is 43.4 Å². The van der Waals surface area contributed by atoms with Gasteiger partial charge in [0.2, 0.25) is 0 Å². The zero-order valence-corrected chi connectivity index (χ0v) is 9.82. The Labute approximate surface area is 90.5 Å². The van der Waals surface area contributed by atoms with Crippen LogP contribution in [0.5, 0.6) is 0 Å². The predicted molar refractivity (Wildman–Crippen MR) is 58.4 cm³/mol. The van der Waals surface area contributed by atoms with Gasteiger partial charge in [-0.1, -0.05) is 19.0 Å². The van der Waals surface area contributed by atoms with E-state index in [0.717, 1.165) is 17.7 Å². The van der Waals surface area contributed by atoms with Crippen LogP contribution in [0.2, 0.25) is 0 Å². The predicted octanol–water partition coefficient (Wildman–Crippen LogP) is 1.70. The molecule has 4 heteroatoms. The van der Waals surface area contributed by atoms with Gasteiger partial charge >= 0.3 is 0 Å². The summed E-state index contributed by atoms with van der Waals surface area (Å²) in [6.07, 6.45) is 0.101. The van der Waals surface area contributed by atoms with Crippen LogP contribution in [0, 0.1) is 19.8 Å². The molecule has 0 saturated carbocycles. The molecule has 0 aliphatic carbocycles. The fourth-order valence-corrected chi connectivity index (χ4v) is 1.80. The molecule has 1 heterocycles. The summed E-state index contributed by atoms with van der Waals surface area (Å²) >= 11 is 0. The Bertz CT molecular complexity index is 301. The van der Waals surface area contributed by atoms with Gasteiger partial charge in [0.1, 0.15) is 5.76 Å². The molecule has 0 amide bonds. The minimum atomic E-state index is -0.682. The average molecular weight is 212 g/mol. The summed E-state index contributed by atoms with van der Waals surface area (Å²) in [5.74, 6) is 1.12. The number of nitrogens with zero attached hydrogens (tertiary/aromatic N) is 1. The van der Waals surface area contributed by atoms with Crippen LogP contribution in [0.15, 0.2) is 4.52 Å². The Morgan fingerprint density at radius 3 is 2.40 bits per heavy atom. The summed E-state index contributed by atoms with van der Waals surface area (Å²) in [4.78, 5) is 0. The van der Waals surface area contributed by atoms with Gasteiger partial charge in [-0.05, 0) is 26.2 Å². The van der Waals surface area contributed by atoms with E-state index in [1.165, 1.54) is 0 Å². The molecule has 0 aromatic carbocycles. The first-order valence-electron chi connectivity index (χ1n) is 5.30. The second-order valence-electron chi connectivity index (χ2n) is 4.48. The van der Waals surface area contributed by atoms with Crippen molar-refractivity contribution in [2.24, 2.45) is 11.7 Å². The maximum atomic E-state index is 10.1. The third-order valence-corrected chi connectivity index (χ3v) is 2.53. The lowest BCUT2D eigenvalue weighted by molar-refractivity contribution is 0.133. The average Bonchev–Trinajstić information content (AvgIpc) is 2.44. The molecule has 0 aliphatic heterocycles. The number of aliphatic hydroxyl groups excluding tert-OH is 1. The fourth-order valence-electron chi connectivity index (χ4n) is 1.80. The Balaban J connectivity index is 2.80. The van der Waals surface area contributed by atoms with E-state index >= 15 is 0 Å². The van der Waals surface area contributed by atoms with E-state index in [1.807, 2.05) is 6.92 Å². The van der Waals surface area contributed by atoms with Gasteiger partial charge in [0.15, 0.2) is 0 Å². The van der Waals surface area contributed by atoms with Gasteiger partial charge < -0.3 is 15.4 Å². The smallest absolute Gasteiger partial charge is 0.139 e. The first kappa shape index (κ1) is 12.2. The molecule has 0 radical (unpaired) electrons. The third-order valence-electron chi connectivity index (χ3n) is 2.53. The molecular formula is C11H20N2O2. The Hall–Kier alpha value is -0.870. The largest absolute Gasteiger partial charge is 0.387 e. The monoisotopic (exact) mass is 212 g/mol. The lowest BCUT2D eigenvalue weighted by Crippen LogP contribution is -2.30. The normalized spacial score (nSPS) is 15.7. The lowest BCUT2D eigenvalue weighted by Gasteiger charge is -2.20. The van der Waals surface area contributed by atoms with Crippen LogP contribution in [-0.2, 0) is 0 Å². The number of nitrogens with two attached hydrogens (primary N) is 1. The SMILES string of the molecule is Cc1noc(C)c1C(O)C(N)CC(C)C. The molecule has 15 heavy (non-hydrogen) atoms. The maximum Gasteiger partial charge on any atom is 0.139 e. The van der Waals surface area contributed by atoms with Crippen molar-refractivity contribution in [2.75, 3.05) is 0 Å². The van der Waals surface area contributed by atoms with Crippen LogP contribution in [0.4, 0.5) is 0 Å². The van der Waals surface area contributed by atoms with E-state index in [9.17, 15) is 5.11 Å². The quantitative estimate of drug-likeness (QED) is 0.796. The topological polar surface area (TPSA) is 72.3 Å². The number of aliphatic hydroxyl groups is 1. The Morgan fingerprint density at radius 2 is 2.00 bits per heavy atom. The molecule has 0 saturated heterocycles. The van der Waals surface area contributed by atoms with Gasteiger partial charge in [0.25, 0.3) is 0 Å². The molecule has 1 aromatic rings. The zero-order chi connectivity index (χ0) is 11.6. The van der Waals surface area contributed by atoms with Crippen molar-refractivity contribution >= 4 is 0 Å². The summed E-state index contributed by atoms with van der Waals surface area (Å²) in [7, 11) is 0. The summed E-state index contributed by atoms with van der Waals surface area (Å²) in [6, 6.07) is -0.262. The van der Waals surface area contributed by atoms with Gasteiger partial charge in [-0.3, -0.25) is 0 Å². The van der Waals surface area contributed by atoms with E-state index in [2.05, 4.69) is 19.0 Å². The van der Waals surface area contributed by atoms with Crippen LogP contribution in [0.3, 0.4) is 0 Å². The number of rotatable bonds is 4.